The number of hydrogen-bond donors (Lipinski definition) is 2. The molecule has 20 heavy (non-hydrogen) atoms. The molecule has 3 N–H and O–H groups in total. The molecule has 0 radical (unpaired) electrons. The van der Waals surface area contributed by atoms with Crippen LogP contribution in [0.25, 0.3) is 5.52 Å². The van der Waals surface area contributed by atoms with Crippen LogP contribution in [-0.4, -0.2) is 27.7 Å². The fraction of sp³-hybridized carbons (Fsp3) is 0.600. The fourth-order valence-corrected chi connectivity index (χ4v) is 2.33. The first-order valence-corrected chi connectivity index (χ1v) is 7.22. The summed E-state index contributed by atoms with van der Waals surface area (Å²) in [4.78, 5) is 4.45. The van der Waals surface area contributed by atoms with Gasteiger partial charge in [0, 0.05) is 24.4 Å². The monoisotopic (exact) mass is 273 g/mol. The van der Waals surface area contributed by atoms with Gasteiger partial charge in [-0.2, -0.15) is 5.10 Å². The first-order chi connectivity index (χ1) is 9.43. The van der Waals surface area contributed by atoms with E-state index in [1.165, 1.54) is 12.8 Å². The number of fused-ring (bicyclic) bond motifs is 1. The van der Waals surface area contributed by atoms with Gasteiger partial charge in [-0.3, -0.25) is 0 Å². The molecule has 0 bridgehead atoms. The molecular weight excluding hydrogens is 250 g/mol. The summed E-state index contributed by atoms with van der Waals surface area (Å²) >= 11 is 0. The van der Waals surface area contributed by atoms with Crippen LogP contribution in [0.2, 0.25) is 0 Å². The minimum atomic E-state index is 0.0399. The van der Waals surface area contributed by atoms with Crippen molar-refractivity contribution in [3.05, 3.63) is 24.2 Å². The third-order valence-electron chi connectivity index (χ3n) is 4.18. The molecule has 0 saturated heterocycles. The summed E-state index contributed by atoms with van der Waals surface area (Å²) in [5.41, 5.74) is 8.27. The van der Waals surface area contributed by atoms with E-state index in [1.807, 2.05) is 10.7 Å². The molecule has 0 unspecified atom stereocenters. The van der Waals surface area contributed by atoms with E-state index in [1.54, 1.807) is 6.20 Å². The standard InChI is InChI=1S/C15H23N5/c1-14(2,3)12-8-11-13(17-6-7-20(11)19-12)18-10-15(9-16)4-5-15/h6-8H,4-5,9-10,16H2,1-3H3,(H,17,18). The van der Waals surface area contributed by atoms with Crippen molar-refractivity contribution in [1.82, 2.24) is 14.6 Å². The van der Waals surface area contributed by atoms with Gasteiger partial charge in [-0.1, -0.05) is 20.8 Å². The molecule has 2 aromatic rings. The van der Waals surface area contributed by atoms with Gasteiger partial charge < -0.3 is 11.1 Å². The van der Waals surface area contributed by atoms with Crippen LogP contribution >= 0.6 is 0 Å². The summed E-state index contributed by atoms with van der Waals surface area (Å²) in [6, 6.07) is 2.12. The van der Waals surface area contributed by atoms with Gasteiger partial charge >= 0.3 is 0 Å². The lowest BCUT2D eigenvalue weighted by molar-refractivity contribution is 0.555. The van der Waals surface area contributed by atoms with E-state index in [4.69, 9.17) is 5.73 Å². The van der Waals surface area contributed by atoms with Crippen LogP contribution in [-0.2, 0) is 5.41 Å². The molecule has 0 aromatic carbocycles. The molecule has 2 aromatic heterocycles. The van der Waals surface area contributed by atoms with Crippen LogP contribution < -0.4 is 11.1 Å². The van der Waals surface area contributed by atoms with Crippen molar-refractivity contribution < 1.29 is 0 Å². The number of anilines is 1. The minimum absolute atomic E-state index is 0.0399. The van der Waals surface area contributed by atoms with Gasteiger partial charge in [0.25, 0.3) is 0 Å². The van der Waals surface area contributed by atoms with Crippen LogP contribution in [0.15, 0.2) is 18.5 Å². The SMILES string of the molecule is CC(C)(C)c1cc2c(NCC3(CN)CC3)nccn2n1. The predicted molar refractivity (Wildman–Crippen MR) is 80.9 cm³/mol. The van der Waals surface area contributed by atoms with Gasteiger partial charge in [-0.15, -0.1) is 0 Å². The Morgan fingerprint density at radius 1 is 1.40 bits per heavy atom. The van der Waals surface area contributed by atoms with Crippen LogP contribution in [0.1, 0.15) is 39.3 Å². The minimum Gasteiger partial charge on any atom is -0.368 e. The molecule has 0 atom stereocenters. The quantitative estimate of drug-likeness (QED) is 0.896. The first kappa shape index (κ1) is 13.4. The van der Waals surface area contributed by atoms with Gasteiger partial charge in [0.2, 0.25) is 0 Å². The van der Waals surface area contributed by atoms with E-state index >= 15 is 0 Å². The van der Waals surface area contributed by atoms with Gasteiger partial charge in [0.1, 0.15) is 5.52 Å². The Bertz CT molecular complexity index is 619. The predicted octanol–water partition coefficient (Wildman–Crippen LogP) is 2.18. The second-order valence-corrected chi connectivity index (χ2v) is 6.94. The zero-order chi connectivity index (χ0) is 14.4. The summed E-state index contributed by atoms with van der Waals surface area (Å²) in [6.45, 7) is 8.15. The van der Waals surface area contributed by atoms with E-state index < -0.39 is 0 Å². The number of aromatic nitrogens is 3. The molecule has 2 heterocycles. The smallest absolute Gasteiger partial charge is 0.152 e. The summed E-state index contributed by atoms with van der Waals surface area (Å²) in [5, 5.41) is 8.09. The molecular formula is C15H23N5. The van der Waals surface area contributed by atoms with Crippen molar-refractivity contribution in [2.45, 2.75) is 39.0 Å². The van der Waals surface area contributed by atoms with Crippen molar-refractivity contribution >= 4 is 11.3 Å². The molecule has 5 nitrogen and oxygen atoms in total. The van der Waals surface area contributed by atoms with E-state index in [-0.39, 0.29) is 5.41 Å². The van der Waals surface area contributed by atoms with Crippen molar-refractivity contribution in [3.63, 3.8) is 0 Å². The van der Waals surface area contributed by atoms with Crippen LogP contribution in [0.5, 0.6) is 0 Å². The molecule has 1 aliphatic rings. The zero-order valence-corrected chi connectivity index (χ0v) is 12.5. The highest BCUT2D eigenvalue weighted by Crippen LogP contribution is 2.44. The Morgan fingerprint density at radius 3 is 2.75 bits per heavy atom. The Kier molecular flexibility index (Phi) is 2.97. The lowest BCUT2D eigenvalue weighted by Gasteiger charge is -2.14. The maximum absolute atomic E-state index is 5.83. The van der Waals surface area contributed by atoms with Gasteiger partial charge in [-0.05, 0) is 30.9 Å². The van der Waals surface area contributed by atoms with E-state index in [0.29, 0.717) is 5.41 Å². The fourth-order valence-electron chi connectivity index (χ4n) is 2.33. The highest BCUT2D eigenvalue weighted by atomic mass is 15.2. The maximum Gasteiger partial charge on any atom is 0.152 e. The second-order valence-electron chi connectivity index (χ2n) is 6.94. The summed E-state index contributed by atoms with van der Waals surface area (Å²) in [6.07, 6.45) is 6.11. The van der Waals surface area contributed by atoms with E-state index in [2.05, 4.69) is 42.2 Å². The summed E-state index contributed by atoms with van der Waals surface area (Å²) in [5.74, 6) is 0.898. The van der Waals surface area contributed by atoms with Gasteiger partial charge in [0.05, 0.1) is 5.69 Å². The largest absolute Gasteiger partial charge is 0.368 e. The number of rotatable bonds is 4. The third-order valence-corrected chi connectivity index (χ3v) is 4.18. The molecule has 0 amide bonds. The first-order valence-electron chi connectivity index (χ1n) is 7.22. The normalized spacial score (nSPS) is 17.4. The Labute approximate surface area is 119 Å². The molecule has 3 rings (SSSR count). The maximum atomic E-state index is 5.83. The molecule has 0 aliphatic heterocycles. The molecule has 108 valence electrons. The van der Waals surface area contributed by atoms with Gasteiger partial charge in [0.15, 0.2) is 5.82 Å². The van der Waals surface area contributed by atoms with Crippen molar-refractivity contribution in [3.8, 4) is 0 Å². The lowest BCUT2D eigenvalue weighted by atomic mass is 9.92. The summed E-state index contributed by atoms with van der Waals surface area (Å²) in [7, 11) is 0. The van der Waals surface area contributed by atoms with Crippen LogP contribution in [0.4, 0.5) is 5.82 Å². The highest BCUT2D eigenvalue weighted by Gasteiger charge is 2.41. The summed E-state index contributed by atoms with van der Waals surface area (Å²) < 4.78 is 1.90. The molecule has 1 saturated carbocycles. The number of nitrogens with two attached hydrogens (primary N) is 1. The topological polar surface area (TPSA) is 68.2 Å². The molecule has 0 spiro atoms. The van der Waals surface area contributed by atoms with E-state index in [0.717, 1.165) is 30.1 Å². The average Bonchev–Trinajstić information content (AvgIpc) is 3.04. The lowest BCUT2D eigenvalue weighted by Crippen LogP contribution is -2.24. The van der Waals surface area contributed by atoms with Crippen LogP contribution in [0.3, 0.4) is 0 Å². The number of nitrogens with one attached hydrogen (secondary N) is 1. The molecule has 1 fully saturated rings. The third kappa shape index (κ3) is 2.38. The number of hydrogen-bond acceptors (Lipinski definition) is 4. The Hall–Kier alpha value is -1.62. The number of nitrogens with zero attached hydrogens (tertiary/aromatic N) is 3. The molecule has 1 aliphatic carbocycles. The van der Waals surface area contributed by atoms with Crippen molar-refractivity contribution in [2.75, 3.05) is 18.4 Å². The Morgan fingerprint density at radius 2 is 2.15 bits per heavy atom. The highest BCUT2D eigenvalue weighted by molar-refractivity contribution is 5.68. The van der Waals surface area contributed by atoms with E-state index in [9.17, 15) is 0 Å². The van der Waals surface area contributed by atoms with Crippen molar-refractivity contribution in [2.24, 2.45) is 11.1 Å². The molecule has 5 heteroatoms. The van der Waals surface area contributed by atoms with Gasteiger partial charge in [-0.25, -0.2) is 9.50 Å². The Balaban J connectivity index is 1.89. The van der Waals surface area contributed by atoms with Crippen molar-refractivity contribution in [1.29, 1.82) is 0 Å². The average molecular weight is 273 g/mol. The zero-order valence-electron chi connectivity index (χ0n) is 12.5. The van der Waals surface area contributed by atoms with Crippen LogP contribution in [0, 0.1) is 5.41 Å². The second kappa shape index (κ2) is 4.45.